The summed E-state index contributed by atoms with van der Waals surface area (Å²) < 4.78 is 11.1. The van der Waals surface area contributed by atoms with E-state index in [2.05, 4.69) is 91.0 Å². The van der Waals surface area contributed by atoms with Gasteiger partial charge in [0.1, 0.15) is 11.1 Å². The van der Waals surface area contributed by atoms with E-state index in [0.717, 1.165) is 60.7 Å². The average molecular weight is 565 g/mol. The van der Waals surface area contributed by atoms with Crippen LogP contribution in [0.5, 0.6) is 0 Å². The fraction of sp³-hybridized carbons (Fsp3) is 0.0256. The molecule has 6 aromatic carbocycles. The number of hydrogen-bond donors (Lipinski definition) is 0. The minimum absolute atomic E-state index is 0.575. The largest absolute Gasteiger partial charge is 0.448 e. The second kappa shape index (κ2) is 9.77. The predicted octanol–water partition coefficient (Wildman–Crippen LogP) is 8.30. The fourth-order valence-corrected chi connectivity index (χ4v) is 6.15. The van der Waals surface area contributed by atoms with Gasteiger partial charge in [-0.1, -0.05) is 120 Å². The second-order valence-corrected chi connectivity index (χ2v) is 11.1. The monoisotopic (exact) mass is 564 g/mol. The number of nitrogens with zero attached hydrogens (tertiary/aromatic N) is 4. The van der Waals surface area contributed by atoms with Gasteiger partial charge in [-0.2, -0.15) is 0 Å². The third-order valence-electron chi connectivity index (χ3n) is 8.34. The molecule has 2 aliphatic rings. The molecule has 0 saturated heterocycles. The van der Waals surface area contributed by atoms with Crippen molar-refractivity contribution in [1.29, 1.82) is 0 Å². The number of rotatable bonds is 4. The maximum Gasteiger partial charge on any atom is 0.339 e. The Labute approximate surface area is 253 Å². The average Bonchev–Trinajstić information content (AvgIpc) is 3.66. The van der Waals surface area contributed by atoms with Gasteiger partial charge >= 0.3 is 11.9 Å². The molecule has 0 bridgehead atoms. The van der Waals surface area contributed by atoms with Gasteiger partial charge in [0.25, 0.3) is 0 Å². The van der Waals surface area contributed by atoms with Crippen molar-refractivity contribution in [3.05, 3.63) is 161 Å². The molecular weight excluding hydrogens is 540 g/mol. The van der Waals surface area contributed by atoms with Crippen molar-refractivity contribution < 1.29 is 4.42 Å². The Morgan fingerprint density at radius 2 is 1.27 bits per heavy atom. The first-order valence-corrected chi connectivity index (χ1v) is 14.7. The van der Waals surface area contributed by atoms with Crippen molar-refractivity contribution in [3.8, 4) is 11.1 Å². The molecule has 0 N–H and O–H groups in total. The molecule has 44 heavy (non-hydrogen) atoms. The summed E-state index contributed by atoms with van der Waals surface area (Å²) in [6.07, 6.45) is 1.21. The second-order valence-electron chi connectivity index (χ2n) is 11.1. The summed E-state index contributed by atoms with van der Waals surface area (Å²) in [7, 11) is 0. The Morgan fingerprint density at radius 3 is 2.07 bits per heavy atom. The van der Waals surface area contributed by atoms with Crippen molar-refractivity contribution in [3.63, 3.8) is 0 Å². The molecule has 1 atom stereocenters. The molecular formula is C39H24N4O. The van der Waals surface area contributed by atoms with Crippen LogP contribution in [0.15, 0.2) is 148 Å². The van der Waals surface area contributed by atoms with Crippen molar-refractivity contribution in [1.82, 2.24) is 4.67 Å². The van der Waals surface area contributed by atoms with E-state index in [1.807, 2.05) is 42.5 Å². The van der Waals surface area contributed by atoms with E-state index in [9.17, 15) is 0 Å². The van der Waals surface area contributed by atoms with Gasteiger partial charge in [-0.15, -0.1) is 0 Å². The Morgan fingerprint density at radius 1 is 0.591 bits per heavy atom. The number of hydrogen-bond acceptors (Lipinski definition) is 3. The summed E-state index contributed by atoms with van der Waals surface area (Å²) in [6.45, 7) is 0. The Balaban J connectivity index is 1.15. The van der Waals surface area contributed by atoms with Gasteiger partial charge in [0.05, 0.1) is 5.84 Å². The van der Waals surface area contributed by atoms with Crippen LogP contribution in [-0.4, -0.2) is 29.8 Å². The quantitative estimate of drug-likeness (QED) is 0.198. The molecule has 0 spiro atoms. The molecule has 0 fully saturated rings. The fourth-order valence-electron chi connectivity index (χ4n) is 6.15. The highest BCUT2D eigenvalue weighted by atomic mass is 16.3. The van der Waals surface area contributed by atoms with E-state index in [1.165, 1.54) is 11.1 Å². The zero-order chi connectivity index (χ0) is 29.0. The molecule has 5 heteroatoms. The van der Waals surface area contributed by atoms with Crippen LogP contribution in [0, 0.1) is 0 Å². The van der Waals surface area contributed by atoms with Crippen molar-refractivity contribution in [2.24, 2.45) is 9.98 Å². The van der Waals surface area contributed by atoms with E-state index in [4.69, 9.17) is 24.4 Å². The van der Waals surface area contributed by atoms with Crippen LogP contribution in [0.25, 0.3) is 49.0 Å². The van der Waals surface area contributed by atoms with Crippen molar-refractivity contribution >= 4 is 56.1 Å². The van der Waals surface area contributed by atoms with Crippen LogP contribution in [-0.2, 0) is 0 Å². The van der Waals surface area contributed by atoms with Gasteiger partial charge in [0.15, 0.2) is 6.17 Å². The van der Waals surface area contributed by atoms with Gasteiger partial charge in [0.2, 0.25) is 5.76 Å². The van der Waals surface area contributed by atoms with Crippen LogP contribution >= 0.6 is 0 Å². The van der Waals surface area contributed by atoms with E-state index < -0.39 is 6.17 Å². The normalized spacial score (nSPS) is 15.6. The third-order valence-corrected chi connectivity index (χ3v) is 8.34. The molecule has 1 unspecified atom stereocenters. The maximum atomic E-state index is 6.27. The van der Waals surface area contributed by atoms with Crippen LogP contribution in [0.4, 0.5) is 0 Å². The van der Waals surface area contributed by atoms with Crippen molar-refractivity contribution in [2.75, 3.05) is 0 Å². The summed E-state index contributed by atoms with van der Waals surface area (Å²) in [5, 5.41) is 10.7. The highest BCUT2D eigenvalue weighted by Gasteiger charge is 2.37. The van der Waals surface area contributed by atoms with E-state index in [-0.39, 0.29) is 0 Å². The molecule has 0 aliphatic carbocycles. The highest BCUT2D eigenvalue weighted by molar-refractivity contribution is 6.28. The molecule has 7 aromatic rings. The van der Waals surface area contributed by atoms with Crippen LogP contribution < -0.4 is 4.67 Å². The SMILES string of the molecule is C1=[N+]=C(C2N=C(c3ccccc3)N=C(c3ccc4ccc(-c5ccccc5)cc4c3)[N-]2)c2c1oc1cc3ccccc3cc21. The Kier molecular flexibility index (Phi) is 5.45. The van der Waals surface area contributed by atoms with Gasteiger partial charge in [-0.3, -0.25) is 4.99 Å². The molecule has 0 amide bonds. The van der Waals surface area contributed by atoms with Gasteiger partial charge in [-0.05, 0) is 68.1 Å². The summed E-state index contributed by atoms with van der Waals surface area (Å²) in [4.78, 5) is 10.0. The zero-order valence-corrected chi connectivity index (χ0v) is 23.6. The van der Waals surface area contributed by atoms with Crippen LogP contribution in [0.3, 0.4) is 0 Å². The molecule has 1 aromatic heterocycles. The molecule has 2 aliphatic heterocycles. The first kappa shape index (κ1) is 24.6. The first-order valence-electron chi connectivity index (χ1n) is 14.7. The number of furan rings is 1. The number of benzene rings is 6. The Hall–Kier alpha value is -6.03. The van der Waals surface area contributed by atoms with Crippen LogP contribution in [0.1, 0.15) is 22.5 Å². The summed E-state index contributed by atoms with van der Waals surface area (Å²) in [5.41, 5.74) is 6.77. The van der Waals surface area contributed by atoms with E-state index in [0.29, 0.717) is 11.7 Å². The van der Waals surface area contributed by atoms with E-state index in [1.54, 1.807) is 6.21 Å². The number of fused-ring (bicyclic) bond motifs is 5. The minimum atomic E-state index is -0.575. The van der Waals surface area contributed by atoms with Gasteiger partial charge < -0.3 is 14.7 Å². The third kappa shape index (κ3) is 4.07. The molecule has 206 valence electrons. The lowest BCUT2D eigenvalue weighted by Gasteiger charge is -2.29. The lowest BCUT2D eigenvalue weighted by atomic mass is 9.99. The minimum Gasteiger partial charge on any atom is -0.448 e. The van der Waals surface area contributed by atoms with E-state index >= 15 is 0 Å². The molecule has 0 saturated carbocycles. The molecule has 3 heterocycles. The molecule has 0 radical (unpaired) electrons. The van der Waals surface area contributed by atoms with Crippen molar-refractivity contribution in [2.45, 2.75) is 6.17 Å². The predicted molar refractivity (Wildman–Crippen MR) is 181 cm³/mol. The zero-order valence-electron chi connectivity index (χ0n) is 23.6. The maximum absolute atomic E-state index is 6.27. The molecule has 5 nitrogen and oxygen atoms in total. The number of aliphatic imine (C=N–C) groups is 2. The number of amidine groups is 2. The molecule has 9 rings (SSSR count). The highest BCUT2D eigenvalue weighted by Crippen LogP contribution is 2.34. The Bertz CT molecular complexity index is 2390. The lowest BCUT2D eigenvalue weighted by Crippen LogP contribution is -2.28. The summed E-state index contributed by atoms with van der Waals surface area (Å²) in [6, 6.07) is 46.0. The van der Waals surface area contributed by atoms with Gasteiger partial charge in [0, 0.05) is 5.39 Å². The van der Waals surface area contributed by atoms with Gasteiger partial charge in [-0.25, -0.2) is 0 Å². The smallest absolute Gasteiger partial charge is 0.339 e. The summed E-state index contributed by atoms with van der Waals surface area (Å²) >= 11 is 0. The summed E-state index contributed by atoms with van der Waals surface area (Å²) in [5.74, 6) is 2.00. The topological polar surface area (TPSA) is 66.1 Å². The first-order chi connectivity index (χ1) is 21.8. The van der Waals surface area contributed by atoms with Crippen LogP contribution in [0.2, 0.25) is 0 Å². The standard InChI is InChI=1S/C39H24N4O/c1-3-9-24(10-4-1)29-17-15-25-16-18-30(20-31(25)19-29)38-41-37(26-11-5-2-6-12-26)42-39(43-38)36-35-32-21-27-13-7-8-14-28(27)22-33(32)44-34(35)23-40-36/h1-23,39H. The lowest BCUT2D eigenvalue weighted by molar-refractivity contribution is 0.608.